The number of alkyl carbamates (subject to hydrolysis) is 1. The Kier molecular flexibility index (Phi) is 8.00. The van der Waals surface area contributed by atoms with Gasteiger partial charge in [0.05, 0.1) is 5.69 Å². The van der Waals surface area contributed by atoms with Crippen LogP contribution in [0.25, 0.3) is 0 Å². The number of aliphatic hydroxyl groups excluding tert-OH is 1. The average molecular weight is 436 g/mol. The van der Waals surface area contributed by atoms with Crippen LogP contribution in [0.3, 0.4) is 0 Å². The van der Waals surface area contributed by atoms with Gasteiger partial charge in [0, 0.05) is 12.2 Å². The molecule has 1 unspecified atom stereocenters. The SMILES string of the molecule is CCc1nc(C(N)O)c(Nc2cccc([C@@H](C)CNC(=O)OC(C)(C)C)c2)nc1Cl. The number of nitrogens with zero attached hydrogens (tertiary/aromatic N) is 2. The molecule has 0 aliphatic carbocycles. The summed E-state index contributed by atoms with van der Waals surface area (Å²) < 4.78 is 5.27. The summed E-state index contributed by atoms with van der Waals surface area (Å²) in [6, 6.07) is 7.63. The van der Waals surface area contributed by atoms with Crippen molar-refractivity contribution in [3.63, 3.8) is 0 Å². The van der Waals surface area contributed by atoms with Crippen LogP contribution < -0.4 is 16.4 Å². The second-order valence-electron chi connectivity index (χ2n) is 8.03. The molecule has 164 valence electrons. The maximum Gasteiger partial charge on any atom is 0.407 e. The summed E-state index contributed by atoms with van der Waals surface area (Å²) in [6.07, 6.45) is -1.17. The van der Waals surface area contributed by atoms with Crippen molar-refractivity contribution in [1.29, 1.82) is 0 Å². The number of halogens is 1. The highest BCUT2D eigenvalue weighted by Crippen LogP contribution is 2.26. The van der Waals surface area contributed by atoms with Crippen LogP contribution in [0.15, 0.2) is 24.3 Å². The second kappa shape index (κ2) is 10.1. The van der Waals surface area contributed by atoms with Crippen LogP contribution in [0.4, 0.5) is 16.3 Å². The lowest BCUT2D eigenvalue weighted by molar-refractivity contribution is 0.0525. The van der Waals surface area contributed by atoms with E-state index < -0.39 is 17.9 Å². The number of carbonyl (C=O) groups is 1. The van der Waals surface area contributed by atoms with Crippen molar-refractivity contribution in [3.05, 3.63) is 46.4 Å². The lowest BCUT2D eigenvalue weighted by atomic mass is 10.0. The quantitative estimate of drug-likeness (QED) is 0.484. The Balaban J connectivity index is 2.14. The molecule has 30 heavy (non-hydrogen) atoms. The summed E-state index contributed by atoms with van der Waals surface area (Å²) in [4.78, 5) is 20.5. The Hall–Kier alpha value is -2.42. The molecule has 0 aliphatic heterocycles. The van der Waals surface area contributed by atoms with Gasteiger partial charge in [-0.2, -0.15) is 0 Å². The van der Waals surface area contributed by atoms with Crippen molar-refractivity contribution < 1.29 is 14.6 Å². The van der Waals surface area contributed by atoms with E-state index >= 15 is 0 Å². The van der Waals surface area contributed by atoms with Crippen molar-refractivity contribution in [1.82, 2.24) is 15.3 Å². The van der Waals surface area contributed by atoms with Crippen LogP contribution in [-0.2, 0) is 11.2 Å². The van der Waals surface area contributed by atoms with Gasteiger partial charge in [-0.05, 0) is 50.8 Å². The number of hydrogen-bond acceptors (Lipinski definition) is 7. The van der Waals surface area contributed by atoms with E-state index in [0.29, 0.717) is 24.5 Å². The fourth-order valence-corrected chi connectivity index (χ4v) is 2.98. The summed E-state index contributed by atoms with van der Waals surface area (Å²) >= 11 is 6.18. The first-order valence-electron chi connectivity index (χ1n) is 9.84. The van der Waals surface area contributed by atoms with Gasteiger partial charge in [-0.3, -0.25) is 0 Å². The van der Waals surface area contributed by atoms with Crippen molar-refractivity contribution in [2.75, 3.05) is 11.9 Å². The number of carbonyl (C=O) groups excluding carboxylic acids is 1. The predicted octanol–water partition coefficient (Wildman–Crippen LogP) is 4.01. The highest BCUT2D eigenvalue weighted by atomic mass is 35.5. The maximum atomic E-state index is 11.9. The van der Waals surface area contributed by atoms with Gasteiger partial charge >= 0.3 is 6.09 Å². The number of hydrogen-bond donors (Lipinski definition) is 4. The second-order valence-corrected chi connectivity index (χ2v) is 8.39. The Labute approximate surface area is 182 Å². The van der Waals surface area contributed by atoms with E-state index in [-0.39, 0.29) is 16.8 Å². The van der Waals surface area contributed by atoms with Crippen LogP contribution >= 0.6 is 11.6 Å². The van der Waals surface area contributed by atoms with Crippen LogP contribution in [0.1, 0.15) is 63.7 Å². The van der Waals surface area contributed by atoms with E-state index in [9.17, 15) is 9.90 Å². The molecule has 9 heteroatoms. The van der Waals surface area contributed by atoms with E-state index in [1.54, 1.807) is 0 Å². The third-order valence-corrected chi connectivity index (χ3v) is 4.53. The van der Waals surface area contributed by atoms with Crippen molar-refractivity contribution >= 4 is 29.2 Å². The number of aryl methyl sites for hydroxylation is 1. The first-order chi connectivity index (χ1) is 14.0. The zero-order chi connectivity index (χ0) is 22.5. The van der Waals surface area contributed by atoms with Gasteiger partial charge in [0.2, 0.25) is 0 Å². The first kappa shape index (κ1) is 23.9. The maximum absolute atomic E-state index is 11.9. The van der Waals surface area contributed by atoms with E-state index in [0.717, 1.165) is 11.3 Å². The number of benzene rings is 1. The Morgan fingerprint density at radius 1 is 1.33 bits per heavy atom. The molecular formula is C21H30ClN5O3. The highest BCUT2D eigenvalue weighted by molar-refractivity contribution is 6.30. The number of aromatic nitrogens is 2. The summed E-state index contributed by atoms with van der Waals surface area (Å²) in [5.74, 6) is 0.333. The van der Waals surface area contributed by atoms with Gasteiger partial charge in [-0.25, -0.2) is 14.8 Å². The Morgan fingerprint density at radius 2 is 2.03 bits per heavy atom. The molecule has 0 fully saturated rings. The Bertz CT molecular complexity index is 883. The topological polar surface area (TPSA) is 122 Å². The number of nitrogens with two attached hydrogens (primary N) is 1. The normalized spacial score (nSPS) is 13.5. The Morgan fingerprint density at radius 3 is 2.63 bits per heavy atom. The summed E-state index contributed by atoms with van der Waals surface area (Å²) in [5, 5.41) is 16.0. The van der Waals surface area contributed by atoms with Gasteiger partial charge < -0.3 is 26.2 Å². The largest absolute Gasteiger partial charge is 0.444 e. The van der Waals surface area contributed by atoms with Crippen LogP contribution in [0.2, 0.25) is 5.15 Å². The van der Waals surface area contributed by atoms with Gasteiger partial charge in [-0.15, -0.1) is 0 Å². The smallest absolute Gasteiger partial charge is 0.407 e. The third-order valence-electron chi connectivity index (χ3n) is 4.23. The molecule has 8 nitrogen and oxygen atoms in total. The summed E-state index contributed by atoms with van der Waals surface area (Å²) in [7, 11) is 0. The van der Waals surface area contributed by atoms with Crippen LogP contribution in [0, 0.1) is 0 Å². The zero-order valence-electron chi connectivity index (χ0n) is 18.0. The minimum atomic E-state index is -1.29. The molecule has 1 heterocycles. The van der Waals surface area contributed by atoms with E-state index in [1.807, 2.05) is 58.9 Å². The number of rotatable bonds is 7. The molecule has 5 N–H and O–H groups in total. The first-order valence-corrected chi connectivity index (χ1v) is 10.2. The fraction of sp³-hybridized carbons (Fsp3) is 0.476. The third kappa shape index (κ3) is 6.83. The van der Waals surface area contributed by atoms with E-state index in [1.165, 1.54) is 0 Å². The van der Waals surface area contributed by atoms with Crippen molar-refractivity contribution in [3.8, 4) is 0 Å². The minimum absolute atomic E-state index is 0.0379. The van der Waals surface area contributed by atoms with Crippen molar-refractivity contribution in [2.24, 2.45) is 5.73 Å². The molecule has 0 radical (unpaired) electrons. The average Bonchev–Trinajstić information content (AvgIpc) is 2.65. The molecule has 2 rings (SSSR count). The molecule has 1 aromatic heterocycles. The van der Waals surface area contributed by atoms with Crippen LogP contribution in [-0.4, -0.2) is 33.3 Å². The molecule has 0 saturated heterocycles. The van der Waals surface area contributed by atoms with E-state index in [2.05, 4.69) is 20.6 Å². The van der Waals surface area contributed by atoms with Gasteiger partial charge in [0.1, 0.15) is 17.5 Å². The standard InChI is InChI=1S/C21H30ClN5O3/c1-6-15-17(22)27-19(16(26-15)18(23)28)25-14-9-7-8-13(10-14)12(2)11-24-20(29)30-21(3,4)5/h7-10,12,18,28H,6,11,23H2,1-5H3,(H,24,29)(H,25,27)/t12-,18?/m0/s1. The summed E-state index contributed by atoms with van der Waals surface area (Å²) in [5.41, 5.74) is 7.62. The molecule has 2 aromatic rings. The number of aliphatic hydroxyl groups is 1. The fourth-order valence-electron chi connectivity index (χ4n) is 2.72. The lowest BCUT2D eigenvalue weighted by Gasteiger charge is -2.21. The van der Waals surface area contributed by atoms with Crippen LogP contribution in [0.5, 0.6) is 0 Å². The molecular weight excluding hydrogens is 406 g/mol. The molecule has 0 spiro atoms. The molecule has 0 bridgehead atoms. The monoisotopic (exact) mass is 435 g/mol. The van der Waals surface area contributed by atoms with Gasteiger partial charge in [0.25, 0.3) is 0 Å². The summed E-state index contributed by atoms with van der Waals surface area (Å²) in [6.45, 7) is 9.77. The number of amides is 1. The molecule has 1 amide bonds. The molecule has 0 aliphatic rings. The molecule has 2 atom stereocenters. The highest BCUT2D eigenvalue weighted by Gasteiger charge is 2.18. The molecule has 1 aromatic carbocycles. The van der Waals surface area contributed by atoms with E-state index in [4.69, 9.17) is 22.1 Å². The van der Waals surface area contributed by atoms with Gasteiger partial charge in [-0.1, -0.05) is 37.6 Å². The van der Waals surface area contributed by atoms with Gasteiger partial charge in [0.15, 0.2) is 11.0 Å². The predicted molar refractivity (Wildman–Crippen MR) is 118 cm³/mol. The lowest BCUT2D eigenvalue weighted by Crippen LogP contribution is -2.34. The number of anilines is 2. The number of nitrogens with one attached hydrogen (secondary N) is 2. The van der Waals surface area contributed by atoms with Crippen molar-refractivity contribution in [2.45, 2.75) is 58.8 Å². The molecule has 0 saturated carbocycles. The zero-order valence-corrected chi connectivity index (χ0v) is 18.7. The minimum Gasteiger partial charge on any atom is -0.444 e. The number of ether oxygens (including phenoxy) is 1.